The van der Waals surface area contributed by atoms with Crippen LogP contribution in [0.4, 0.5) is 10.7 Å². The molecule has 0 aliphatic rings. The SMILES string of the molecule is CC(C)(C)CN(NC(=O)OC(C)(C)C)c1nc(S(C)(=O)=O)nc2ccnn12. The molecule has 2 heterocycles. The summed E-state index contributed by atoms with van der Waals surface area (Å²) in [5, 5.41) is 5.21. The van der Waals surface area contributed by atoms with Crippen molar-refractivity contribution >= 4 is 27.5 Å². The van der Waals surface area contributed by atoms with Gasteiger partial charge in [0.1, 0.15) is 5.60 Å². The van der Waals surface area contributed by atoms with Crippen LogP contribution in [0.2, 0.25) is 0 Å². The van der Waals surface area contributed by atoms with E-state index in [-0.39, 0.29) is 16.5 Å². The second kappa shape index (κ2) is 6.95. The van der Waals surface area contributed by atoms with Crippen molar-refractivity contribution in [2.45, 2.75) is 52.3 Å². The van der Waals surface area contributed by atoms with Gasteiger partial charge in [-0.15, -0.1) is 0 Å². The third-order valence-corrected chi connectivity index (χ3v) is 3.89. The average Bonchev–Trinajstić information content (AvgIpc) is 2.89. The van der Waals surface area contributed by atoms with Gasteiger partial charge >= 0.3 is 6.09 Å². The predicted octanol–water partition coefficient (Wildman–Crippen LogP) is 1.82. The van der Waals surface area contributed by atoms with Gasteiger partial charge in [-0.1, -0.05) is 20.8 Å². The molecule has 10 nitrogen and oxygen atoms in total. The summed E-state index contributed by atoms with van der Waals surface area (Å²) in [5.74, 6) is 0.117. The molecule has 0 saturated carbocycles. The van der Waals surface area contributed by atoms with Gasteiger partial charge in [-0.3, -0.25) is 0 Å². The van der Waals surface area contributed by atoms with E-state index in [9.17, 15) is 13.2 Å². The molecule has 2 rings (SSSR count). The number of amides is 1. The van der Waals surface area contributed by atoms with Crippen LogP contribution in [0.5, 0.6) is 0 Å². The summed E-state index contributed by atoms with van der Waals surface area (Å²) in [6.45, 7) is 11.5. The highest BCUT2D eigenvalue weighted by Crippen LogP contribution is 2.21. The second-order valence-corrected chi connectivity index (χ2v) is 10.3. The number of ether oxygens (including phenoxy) is 1. The fourth-order valence-electron chi connectivity index (χ4n) is 2.18. The summed E-state index contributed by atoms with van der Waals surface area (Å²) >= 11 is 0. The van der Waals surface area contributed by atoms with Crippen molar-refractivity contribution in [1.82, 2.24) is 25.0 Å². The molecule has 0 radical (unpaired) electrons. The van der Waals surface area contributed by atoms with E-state index in [1.165, 1.54) is 15.7 Å². The number of anilines is 1. The maximum absolute atomic E-state index is 12.3. The molecule has 0 unspecified atom stereocenters. The molecule has 0 bridgehead atoms. The first-order valence-electron chi connectivity index (χ1n) is 8.35. The number of nitrogens with one attached hydrogen (secondary N) is 1. The van der Waals surface area contributed by atoms with E-state index in [2.05, 4.69) is 20.5 Å². The smallest absolute Gasteiger partial charge is 0.426 e. The lowest BCUT2D eigenvalue weighted by Gasteiger charge is -2.31. The fraction of sp³-hybridized carbons (Fsp3) is 0.625. The Morgan fingerprint density at radius 2 is 1.85 bits per heavy atom. The summed E-state index contributed by atoms with van der Waals surface area (Å²) in [7, 11) is -3.66. The third-order valence-electron chi connectivity index (χ3n) is 3.05. The molecule has 0 fully saturated rings. The zero-order valence-corrected chi connectivity index (χ0v) is 17.5. The number of fused-ring (bicyclic) bond motifs is 1. The monoisotopic (exact) mass is 398 g/mol. The van der Waals surface area contributed by atoms with Crippen LogP contribution in [0.1, 0.15) is 41.5 Å². The number of hydrazine groups is 1. The number of nitrogens with zero attached hydrogens (tertiary/aromatic N) is 5. The quantitative estimate of drug-likeness (QED) is 0.775. The summed E-state index contributed by atoms with van der Waals surface area (Å²) in [6.07, 6.45) is 1.81. The Labute approximate surface area is 158 Å². The molecule has 0 atom stereocenters. The summed E-state index contributed by atoms with van der Waals surface area (Å²) in [4.78, 5) is 20.5. The molecule has 0 spiro atoms. The molecule has 27 heavy (non-hydrogen) atoms. The Balaban J connectivity index is 2.54. The maximum Gasteiger partial charge on any atom is 0.426 e. The Hall–Kier alpha value is -2.43. The predicted molar refractivity (Wildman–Crippen MR) is 100 cm³/mol. The van der Waals surface area contributed by atoms with Gasteiger partial charge in [-0.25, -0.2) is 23.6 Å². The average molecular weight is 398 g/mol. The van der Waals surface area contributed by atoms with Crippen LogP contribution in [0, 0.1) is 5.41 Å². The summed E-state index contributed by atoms with van der Waals surface area (Å²) in [5.41, 5.74) is 1.98. The van der Waals surface area contributed by atoms with Crippen molar-refractivity contribution in [2.24, 2.45) is 5.41 Å². The van der Waals surface area contributed by atoms with Gasteiger partial charge in [0, 0.05) is 18.9 Å². The van der Waals surface area contributed by atoms with Crippen molar-refractivity contribution in [2.75, 3.05) is 17.8 Å². The topological polar surface area (TPSA) is 119 Å². The van der Waals surface area contributed by atoms with Gasteiger partial charge in [0.05, 0.1) is 6.20 Å². The first-order chi connectivity index (χ1) is 12.2. The molecule has 2 aromatic rings. The Morgan fingerprint density at radius 1 is 1.22 bits per heavy atom. The number of sulfone groups is 1. The minimum Gasteiger partial charge on any atom is -0.443 e. The first kappa shape index (κ1) is 20.9. The van der Waals surface area contributed by atoms with Crippen LogP contribution in [0.25, 0.3) is 5.65 Å². The molecule has 0 aromatic carbocycles. The van der Waals surface area contributed by atoms with Gasteiger partial charge in [-0.2, -0.15) is 19.6 Å². The highest BCUT2D eigenvalue weighted by molar-refractivity contribution is 7.90. The minimum atomic E-state index is -3.66. The molecule has 150 valence electrons. The van der Waals surface area contributed by atoms with Crippen molar-refractivity contribution in [3.05, 3.63) is 12.3 Å². The normalized spacial score (nSPS) is 12.9. The highest BCUT2D eigenvalue weighted by atomic mass is 32.2. The van der Waals surface area contributed by atoms with E-state index >= 15 is 0 Å². The van der Waals surface area contributed by atoms with Crippen LogP contribution >= 0.6 is 0 Å². The molecular weight excluding hydrogens is 372 g/mol. The molecular formula is C16H26N6O4S. The van der Waals surface area contributed by atoms with Crippen molar-refractivity contribution in [1.29, 1.82) is 0 Å². The van der Waals surface area contributed by atoms with Gasteiger partial charge in [0.2, 0.25) is 15.8 Å². The zero-order valence-electron chi connectivity index (χ0n) is 16.6. The first-order valence-corrected chi connectivity index (χ1v) is 10.2. The van der Waals surface area contributed by atoms with Crippen LogP contribution in [-0.2, 0) is 14.6 Å². The van der Waals surface area contributed by atoms with Crippen LogP contribution < -0.4 is 10.4 Å². The summed E-state index contributed by atoms with van der Waals surface area (Å²) < 4.78 is 30.6. The Kier molecular flexibility index (Phi) is 5.37. The van der Waals surface area contributed by atoms with Crippen LogP contribution in [-0.4, -0.2) is 52.5 Å². The van der Waals surface area contributed by atoms with E-state index in [1.807, 2.05) is 20.8 Å². The van der Waals surface area contributed by atoms with Crippen molar-refractivity contribution < 1.29 is 17.9 Å². The maximum atomic E-state index is 12.3. The number of aromatic nitrogens is 4. The Bertz CT molecular complexity index is 940. The number of rotatable bonds is 4. The largest absolute Gasteiger partial charge is 0.443 e. The summed E-state index contributed by atoms with van der Waals surface area (Å²) in [6, 6.07) is 1.56. The van der Waals surface area contributed by atoms with Crippen LogP contribution in [0.3, 0.4) is 0 Å². The minimum absolute atomic E-state index is 0.117. The third kappa shape index (κ3) is 5.78. The van der Waals surface area contributed by atoms with E-state index < -0.39 is 21.5 Å². The number of carbonyl (C=O) groups is 1. The number of hydrogen-bond donors (Lipinski definition) is 1. The highest BCUT2D eigenvalue weighted by Gasteiger charge is 2.27. The molecule has 2 aromatic heterocycles. The molecule has 11 heteroatoms. The fourth-order valence-corrected chi connectivity index (χ4v) is 2.68. The van der Waals surface area contributed by atoms with E-state index in [1.54, 1.807) is 26.8 Å². The lowest BCUT2D eigenvalue weighted by Crippen LogP contribution is -2.49. The van der Waals surface area contributed by atoms with E-state index in [0.717, 1.165) is 6.26 Å². The Morgan fingerprint density at radius 3 is 2.37 bits per heavy atom. The lowest BCUT2D eigenvalue weighted by molar-refractivity contribution is 0.0515. The number of hydrogen-bond acceptors (Lipinski definition) is 8. The number of carbonyl (C=O) groups excluding carboxylic acids is 1. The second-order valence-electron chi connectivity index (χ2n) is 8.44. The van der Waals surface area contributed by atoms with Gasteiger partial charge in [-0.05, 0) is 26.2 Å². The van der Waals surface area contributed by atoms with Crippen molar-refractivity contribution in [3.8, 4) is 0 Å². The molecule has 0 aliphatic heterocycles. The van der Waals surface area contributed by atoms with Gasteiger partial charge < -0.3 is 4.74 Å². The van der Waals surface area contributed by atoms with Crippen molar-refractivity contribution in [3.63, 3.8) is 0 Å². The van der Waals surface area contributed by atoms with E-state index in [4.69, 9.17) is 4.74 Å². The molecule has 0 aliphatic carbocycles. The standard InChI is InChI=1S/C16H26N6O4S/c1-15(2,3)10-21(20-14(23)26-16(4,5)6)13-19-12(27(7,24)25)18-11-8-9-17-22(11)13/h8-9H,10H2,1-7H3,(H,20,23). The zero-order chi connectivity index (χ0) is 20.6. The molecule has 1 amide bonds. The molecule has 0 saturated heterocycles. The lowest BCUT2D eigenvalue weighted by atomic mass is 9.97. The van der Waals surface area contributed by atoms with Gasteiger partial charge in [0.15, 0.2) is 5.65 Å². The molecule has 1 N–H and O–H groups in total. The van der Waals surface area contributed by atoms with E-state index in [0.29, 0.717) is 12.2 Å². The van der Waals surface area contributed by atoms with Gasteiger partial charge in [0.25, 0.3) is 5.16 Å². The van der Waals surface area contributed by atoms with Crippen LogP contribution in [0.15, 0.2) is 17.4 Å².